The van der Waals surface area contributed by atoms with Crippen molar-refractivity contribution in [1.29, 1.82) is 0 Å². The highest BCUT2D eigenvalue weighted by atomic mass is 79.9. The molecular weight excluding hydrogens is 420 g/mol. The van der Waals surface area contributed by atoms with Crippen molar-refractivity contribution in [2.24, 2.45) is 0 Å². The van der Waals surface area contributed by atoms with E-state index in [0.717, 1.165) is 4.47 Å². The highest BCUT2D eigenvalue weighted by molar-refractivity contribution is 9.10. The lowest BCUT2D eigenvalue weighted by Crippen LogP contribution is -2.34. The zero-order valence-electron chi connectivity index (χ0n) is 14.2. The molecule has 0 spiro atoms. The Labute approximate surface area is 165 Å². The molecule has 0 radical (unpaired) electrons. The van der Waals surface area contributed by atoms with Gasteiger partial charge in [-0.3, -0.25) is 10.1 Å². The van der Waals surface area contributed by atoms with Crippen molar-refractivity contribution in [2.75, 3.05) is 19.0 Å². The Morgan fingerprint density at radius 3 is 2.58 bits per heavy atom. The number of hydrogen-bond acceptors (Lipinski definition) is 5. The highest BCUT2D eigenvalue weighted by Crippen LogP contribution is 2.23. The Bertz CT molecular complexity index is 842. The third kappa shape index (κ3) is 5.03. The number of ether oxygens (including phenoxy) is 2. The van der Waals surface area contributed by atoms with E-state index in [9.17, 15) is 9.59 Å². The molecule has 8 heteroatoms. The van der Waals surface area contributed by atoms with Gasteiger partial charge in [-0.25, -0.2) is 4.79 Å². The Morgan fingerprint density at radius 1 is 1.15 bits per heavy atom. The second-order valence-electron chi connectivity index (χ2n) is 5.02. The van der Waals surface area contributed by atoms with E-state index in [1.165, 1.54) is 7.11 Å². The van der Waals surface area contributed by atoms with Crippen LogP contribution in [0.1, 0.15) is 27.6 Å². The number of amides is 1. The quantitative estimate of drug-likeness (QED) is 0.548. The molecule has 0 unspecified atom stereocenters. The van der Waals surface area contributed by atoms with Gasteiger partial charge in [-0.2, -0.15) is 0 Å². The zero-order chi connectivity index (χ0) is 19.1. The van der Waals surface area contributed by atoms with Crippen molar-refractivity contribution in [2.45, 2.75) is 6.92 Å². The van der Waals surface area contributed by atoms with Gasteiger partial charge in [-0.15, -0.1) is 0 Å². The molecule has 2 N–H and O–H groups in total. The van der Waals surface area contributed by atoms with Crippen molar-refractivity contribution < 1.29 is 19.1 Å². The molecule has 2 aromatic carbocycles. The Hall–Kier alpha value is -2.45. The second kappa shape index (κ2) is 9.30. The summed E-state index contributed by atoms with van der Waals surface area (Å²) in [6.07, 6.45) is 0. The van der Waals surface area contributed by atoms with Crippen LogP contribution in [-0.4, -0.2) is 30.7 Å². The smallest absolute Gasteiger partial charge is 0.339 e. The Kier molecular flexibility index (Phi) is 7.11. The minimum absolute atomic E-state index is 0.0498. The number of hydrogen-bond donors (Lipinski definition) is 2. The average molecular weight is 437 g/mol. The molecule has 0 aliphatic rings. The van der Waals surface area contributed by atoms with Gasteiger partial charge in [0, 0.05) is 4.47 Å². The first-order valence-electron chi connectivity index (χ1n) is 7.68. The van der Waals surface area contributed by atoms with Gasteiger partial charge in [0.25, 0.3) is 5.91 Å². The van der Waals surface area contributed by atoms with E-state index in [-0.39, 0.29) is 5.11 Å². The maximum atomic E-state index is 12.5. The summed E-state index contributed by atoms with van der Waals surface area (Å²) < 4.78 is 10.9. The van der Waals surface area contributed by atoms with Crippen LogP contribution in [-0.2, 0) is 4.74 Å². The molecule has 2 aromatic rings. The van der Waals surface area contributed by atoms with Crippen LogP contribution in [0.4, 0.5) is 5.69 Å². The average Bonchev–Trinajstić information content (AvgIpc) is 2.63. The van der Waals surface area contributed by atoms with Gasteiger partial charge in [0.15, 0.2) is 5.11 Å². The predicted molar refractivity (Wildman–Crippen MR) is 107 cm³/mol. The molecular formula is C18H17BrN2O4S. The van der Waals surface area contributed by atoms with Gasteiger partial charge in [0.05, 0.1) is 30.5 Å². The molecule has 1 amide bonds. The van der Waals surface area contributed by atoms with E-state index < -0.39 is 11.9 Å². The molecule has 0 heterocycles. The summed E-state index contributed by atoms with van der Waals surface area (Å²) in [5.74, 6) is -0.485. The fraction of sp³-hybridized carbons (Fsp3) is 0.167. The van der Waals surface area contributed by atoms with E-state index in [1.54, 1.807) is 42.5 Å². The van der Waals surface area contributed by atoms with Crippen molar-refractivity contribution in [1.82, 2.24) is 5.32 Å². The molecule has 0 aliphatic carbocycles. The van der Waals surface area contributed by atoms with Crippen LogP contribution in [0.15, 0.2) is 46.9 Å². The SMILES string of the molecule is CCOc1ccc(Br)cc1C(=O)NC(=S)Nc1ccccc1C(=O)OC. The third-order valence-electron chi connectivity index (χ3n) is 3.29. The highest BCUT2D eigenvalue weighted by Gasteiger charge is 2.16. The fourth-order valence-corrected chi connectivity index (χ4v) is 2.73. The second-order valence-corrected chi connectivity index (χ2v) is 6.34. The van der Waals surface area contributed by atoms with Crippen LogP contribution in [0.3, 0.4) is 0 Å². The summed E-state index contributed by atoms with van der Waals surface area (Å²) in [4.78, 5) is 24.3. The van der Waals surface area contributed by atoms with Crippen LogP contribution < -0.4 is 15.4 Å². The number of thiocarbonyl (C=S) groups is 1. The summed E-state index contributed by atoms with van der Waals surface area (Å²) in [5, 5.41) is 5.47. The molecule has 6 nitrogen and oxygen atoms in total. The number of halogens is 1. The van der Waals surface area contributed by atoms with E-state index in [0.29, 0.717) is 29.2 Å². The molecule has 0 saturated carbocycles. The van der Waals surface area contributed by atoms with E-state index in [1.807, 2.05) is 6.92 Å². The molecule has 2 rings (SSSR count). The number of esters is 1. The minimum Gasteiger partial charge on any atom is -0.493 e. The van der Waals surface area contributed by atoms with Crippen LogP contribution >= 0.6 is 28.1 Å². The standard InChI is InChI=1S/C18H17BrN2O4S/c1-3-25-15-9-8-11(19)10-13(15)16(22)21-18(26)20-14-7-5-4-6-12(14)17(23)24-2/h4-10H,3H2,1-2H3,(H2,20,21,22,26). The normalized spacial score (nSPS) is 9.96. The topological polar surface area (TPSA) is 76.7 Å². The number of para-hydroxylation sites is 1. The number of carbonyl (C=O) groups is 2. The van der Waals surface area contributed by atoms with Crippen molar-refractivity contribution in [3.8, 4) is 5.75 Å². The fourth-order valence-electron chi connectivity index (χ4n) is 2.17. The lowest BCUT2D eigenvalue weighted by atomic mass is 10.2. The van der Waals surface area contributed by atoms with E-state index in [2.05, 4.69) is 26.6 Å². The summed E-state index contributed by atoms with van der Waals surface area (Å²) in [6.45, 7) is 2.26. The number of benzene rings is 2. The van der Waals surface area contributed by atoms with Gasteiger partial charge < -0.3 is 14.8 Å². The van der Waals surface area contributed by atoms with Crippen LogP contribution in [0.2, 0.25) is 0 Å². The third-order valence-corrected chi connectivity index (χ3v) is 3.99. The van der Waals surface area contributed by atoms with Gasteiger partial charge in [0.2, 0.25) is 0 Å². The maximum Gasteiger partial charge on any atom is 0.339 e. The van der Waals surface area contributed by atoms with Gasteiger partial charge >= 0.3 is 5.97 Å². The van der Waals surface area contributed by atoms with Crippen molar-refractivity contribution in [3.63, 3.8) is 0 Å². The molecule has 0 aromatic heterocycles. The zero-order valence-corrected chi connectivity index (χ0v) is 16.6. The summed E-state index contributed by atoms with van der Waals surface area (Å²) in [7, 11) is 1.29. The monoisotopic (exact) mass is 436 g/mol. The first-order chi connectivity index (χ1) is 12.5. The molecule has 0 saturated heterocycles. The number of nitrogens with one attached hydrogen (secondary N) is 2. The first-order valence-corrected chi connectivity index (χ1v) is 8.88. The lowest BCUT2D eigenvalue weighted by Gasteiger charge is -2.14. The van der Waals surface area contributed by atoms with E-state index >= 15 is 0 Å². The molecule has 26 heavy (non-hydrogen) atoms. The van der Waals surface area contributed by atoms with Crippen molar-refractivity contribution >= 4 is 50.8 Å². The van der Waals surface area contributed by atoms with Gasteiger partial charge in [-0.1, -0.05) is 28.1 Å². The molecule has 0 atom stereocenters. The molecule has 0 aliphatic heterocycles. The summed E-state index contributed by atoms with van der Waals surface area (Å²) in [5.41, 5.74) is 1.08. The first kappa shape index (κ1) is 19.9. The predicted octanol–water partition coefficient (Wildman–Crippen LogP) is 3.76. The van der Waals surface area contributed by atoms with Gasteiger partial charge in [-0.05, 0) is 49.5 Å². The largest absolute Gasteiger partial charge is 0.493 e. The number of methoxy groups -OCH3 is 1. The molecule has 0 bridgehead atoms. The molecule has 136 valence electrons. The Morgan fingerprint density at radius 2 is 1.88 bits per heavy atom. The van der Waals surface area contributed by atoms with Crippen LogP contribution in [0.5, 0.6) is 5.75 Å². The van der Waals surface area contributed by atoms with Crippen molar-refractivity contribution in [3.05, 3.63) is 58.1 Å². The minimum atomic E-state index is -0.507. The lowest BCUT2D eigenvalue weighted by molar-refractivity contribution is 0.0602. The Balaban J connectivity index is 2.15. The summed E-state index contributed by atoms with van der Waals surface area (Å²) in [6, 6.07) is 11.8. The number of rotatable bonds is 5. The number of anilines is 1. The summed E-state index contributed by atoms with van der Waals surface area (Å²) >= 11 is 8.52. The molecule has 0 fully saturated rings. The maximum absolute atomic E-state index is 12.5. The van der Waals surface area contributed by atoms with Crippen LogP contribution in [0, 0.1) is 0 Å². The van der Waals surface area contributed by atoms with Gasteiger partial charge in [0.1, 0.15) is 5.75 Å². The van der Waals surface area contributed by atoms with E-state index in [4.69, 9.17) is 21.7 Å². The number of carbonyl (C=O) groups excluding carboxylic acids is 2. The van der Waals surface area contributed by atoms with Crippen LogP contribution in [0.25, 0.3) is 0 Å².